The average molecular weight is 294 g/mol. The highest BCUT2D eigenvalue weighted by molar-refractivity contribution is 5.56. The Morgan fingerprint density at radius 3 is 2.50 bits per heavy atom. The summed E-state index contributed by atoms with van der Waals surface area (Å²) in [6.07, 6.45) is -4.47. The van der Waals surface area contributed by atoms with Crippen LogP contribution in [0.1, 0.15) is 18.5 Å². The van der Waals surface area contributed by atoms with Gasteiger partial charge in [-0.25, -0.2) is 4.39 Å². The number of benzene rings is 1. The third-order valence-corrected chi connectivity index (χ3v) is 2.97. The summed E-state index contributed by atoms with van der Waals surface area (Å²) in [6.45, 7) is -0.359. The lowest BCUT2D eigenvalue weighted by molar-refractivity contribution is -0.119. The van der Waals surface area contributed by atoms with E-state index in [0.29, 0.717) is 5.56 Å². The number of halogens is 4. The molecular formula is C13H18F4N2O. The highest BCUT2D eigenvalue weighted by atomic mass is 19.4. The van der Waals surface area contributed by atoms with Crippen molar-refractivity contribution in [1.29, 1.82) is 0 Å². The van der Waals surface area contributed by atoms with Crippen molar-refractivity contribution in [1.82, 2.24) is 5.32 Å². The van der Waals surface area contributed by atoms with Gasteiger partial charge < -0.3 is 15.3 Å². The van der Waals surface area contributed by atoms with E-state index in [2.05, 4.69) is 5.32 Å². The van der Waals surface area contributed by atoms with E-state index >= 15 is 0 Å². The van der Waals surface area contributed by atoms with Crippen molar-refractivity contribution in [2.24, 2.45) is 0 Å². The molecule has 1 aromatic rings. The molecule has 7 heteroatoms. The Kier molecular flexibility index (Phi) is 5.76. The molecule has 0 saturated heterocycles. The van der Waals surface area contributed by atoms with E-state index in [9.17, 15) is 17.6 Å². The van der Waals surface area contributed by atoms with Gasteiger partial charge in [0, 0.05) is 12.6 Å². The van der Waals surface area contributed by atoms with E-state index in [4.69, 9.17) is 5.11 Å². The number of rotatable bonds is 6. The van der Waals surface area contributed by atoms with Gasteiger partial charge in [-0.05, 0) is 25.6 Å². The molecule has 0 aliphatic rings. The van der Waals surface area contributed by atoms with Gasteiger partial charge in [0.1, 0.15) is 12.4 Å². The summed E-state index contributed by atoms with van der Waals surface area (Å²) in [5.41, 5.74) is 0.297. The Labute approximate surface area is 115 Å². The molecule has 20 heavy (non-hydrogen) atoms. The second-order valence-electron chi connectivity index (χ2n) is 4.45. The molecule has 3 nitrogen and oxygen atoms in total. The molecule has 0 fully saturated rings. The summed E-state index contributed by atoms with van der Waals surface area (Å²) in [5, 5.41) is 11.8. The number of alkyl halides is 3. The molecule has 0 spiro atoms. The van der Waals surface area contributed by atoms with Gasteiger partial charge in [-0.1, -0.05) is 12.1 Å². The minimum Gasteiger partial charge on any atom is -0.395 e. The highest BCUT2D eigenvalue weighted by Crippen LogP contribution is 2.31. The van der Waals surface area contributed by atoms with Crippen molar-refractivity contribution in [2.75, 3.05) is 31.6 Å². The first-order valence-corrected chi connectivity index (χ1v) is 6.18. The second kappa shape index (κ2) is 6.90. The summed E-state index contributed by atoms with van der Waals surface area (Å²) in [7, 11) is 1.64. The number of nitrogens with one attached hydrogen (secondary N) is 1. The largest absolute Gasteiger partial charge is 0.405 e. The van der Waals surface area contributed by atoms with Crippen molar-refractivity contribution >= 4 is 5.69 Å². The molecule has 0 radical (unpaired) electrons. The molecule has 2 N–H and O–H groups in total. The van der Waals surface area contributed by atoms with Crippen LogP contribution in [-0.2, 0) is 0 Å². The Hall–Kier alpha value is -1.34. The van der Waals surface area contributed by atoms with Crippen LogP contribution in [0.15, 0.2) is 18.2 Å². The molecule has 0 aliphatic carbocycles. The van der Waals surface area contributed by atoms with E-state index in [1.54, 1.807) is 20.0 Å². The molecule has 0 aliphatic heterocycles. The molecule has 0 saturated carbocycles. The van der Waals surface area contributed by atoms with Gasteiger partial charge in [0.25, 0.3) is 0 Å². The van der Waals surface area contributed by atoms with Crippen LogP contribution in [0.5, 0.6) is 0 Å². The third-order valence-electron chi connectivity index (χ3n) is 2.97. The van der Waals surface area contributed by atoms with Gasteiger partial charge in [0.2, 0.25) is 0 Å². The van der Waals surface area contributed by atoms with Crippen LogP contribution in [0, 0.1) is 5.82 Å². The molecule has 1 unspecified atom stereocenters. The van der Waals surface area contributed by atoms with Crippen LogP contribution in [0.2, 0.25) is 0 Å². The van der Waals surface area contributed by atoms with E-state index < -0.39 is 25.1 Å². The Balaban J connectivity index is 3.24. The number of aliphatic hydroxyl groups excluding tert-OH is 1. The summed E-state index contributed by atoms with van der Waals surface area (Å²) in [5.74, 6) is -0.734. The zero-order valence-electron chi connectivity index (χ0n) is 11.3. The molecule has 0 heterocycles. The summed E-state index contributed by atoms with van der Waals surface area (Å²) in [4.78, 5) is 0.818. The lowest BCUT2D eigenvalue weighted by Gasteiger charge is -2.29. The van der Waals surface area contributed by atoms with Gasteiger partial charge >= 0.3 is 6.18 Å². The lowest BCUT2D eigenvalue weighted by Crippen LogP contribution is -2.38. The predicted molar refractivity (Wildman–Crippen MR) is 69.2 cm³/mol. The predicted octanol–water partition coefficient (Wildman–Crippen LogP) is 2.47. The smallest absolute Gasteiger partial charge is 0.395 e. The van der Waals surface area contributed by atoms with Crippen LogP contribution >= 0.6 is 0 Å². The summed E-state index contributed by atoms with van der Waals surface area (Å²) < 4.78 is 51.8. The maximum atomic E-state index is 14.0. The number of para-hydroxylation sites is 1. The second-order valence-corrected chi connectivity index (χ2v) is 4.45. The summed E-state index contributed by atoms with van der Waals surface area (Å²) >= 11 is 0. The number of anilines is 1. The monoisotopic (exact) mass is 294 g/mol. The summed E-state index contributed by atoms with van der Waals surface area (Å²) in [6, 6.07) is 3.82. The molecule has 0 aromatic heterocycles. The highest BCUT2D eigenvalue weighted by Gasteiger charge is 2.32. The molecule has 0 bridgehead atoms. The van der Waals surface area contributed by atoms with Gasteiger partial charge in [0.05, 0.1) is 12.3 Å². The van der Waals surface area contributed by atoms with E-state index in [-0.39, 0.29) is 18.3 Å². The van der Waals surface area contributed by atoms with E-state index in [1.165, 1.54) is 6.07 Å². The molecule has 114 valence electrons. The van der Waals surface area contributed by atoms with Gasteiger partial charge in [-0.15, -0.1) is 0 Å². The number of hydrogen-bond donors (Lipinski definition) is 2. The van der Waals surface area contributed by atoms with Gasteiger partial charge in [-0.3, -0.25) is 0 Å². The fraction of sp³-hybridized carbons (Fsp3) is 0.538. The van der Waals surface area contributed by atoms with Crippen LogP contribution in [-0.4, -0.2) is 38.0 Å². The van der Waals surface area contributed by atoms with Crippen LogP contribution in [0.4, 0.5) is 23.2 Å². The third kappa shape index (κ3) is 4.35. The van der Waals surface area contributed by atoms with Gasteiger partial charge in [0.15, 0.2) is 0 Å². The molecule has 0 amide bonds. The zero-order chi connectivity index (χ0) is 15.3. The van der Waals surface area contributed by atoms with Crippen molar-refractivity contribution < 1.29 is 22.7 Å². The fourth-order valence-electron chi connectivity index (χ4n) is 1.98. The zero-order valence-corrected chi connectivity index (χ0v) is 11.3. The van der Waals surface area contributed by atoms with Crippen molar-refractivity contribution in [3.63, 3.8) is 0 Å². The molecule has 1 aromatic carbocycles. The maximum absolute atomic E-state index is 14.0. The number of nitrogens with zero attached hydrogens (tertiary/aromatic N) is 1. The van der Waals surface area contributed by atoms with Crippen molar-refractivity contribution in [3.8, 4) is 0 Å². The number of hydrogen-bond acceptors (Lipinski definition) is 3. The first-order chi connectivity index (χ1) is 9.30. The minimum absolute atomic E-state index is 0.124. The van der Waals surface area contributed by atoms with Crippen LogP contribution in [0.25, 0.3) is 0 Å². The Morgan fingerprint density at radius 2 is 2.00 bits per heavy atom. The van der Waals surface area contributed by atoms with Crippen molar-refractivity contribution in [2.45, 2.75) is 19.1 Å². The normalized spacial score (nSPS) is 13.3. The first-order valence-electron chi connectivity index (χ1n) is 6.18. The Morgan fingerprint density at radius 1 is 1.35 bits per heavy atom. The minimum atomic E-state index is -4.47. The molecule has 1 atom stereocenters. The Bertz CT molecular complexity index is 437. The van der Waals surface area contributed by atoms with Crippen LogP contribution < -0.4 is 10.2 Å². The van der Waals surface area contributed by atoms with Gasteiger partial charge in [-0.2, -0.15) is 13.2 Å². The first kappa shape index (κ1) is 16.7. The molecule has 1 rings (SSSR count). The van der Waals surface area contributed by atoms with E-state index in [0.717, 1.165) is 11.0 Å². The lowest BCUT2D eigenvalue weighted by atomic mass is 10.0. The maximum Gasteiger partial charge on any atom is 0.405 e. The fourth-order valence-corrected chi connectivity index (χ4v) is 1.98. The quantitative estimate of drug-likeness (QED) is 0.791. The standard InChI is InChI=1S/C13H18F4N2O/c1-9(18-2)10-4-3-5-11(14)12(10)19(6-7-20)8-13(15,16)17/h3-5,9,18,20H,6-8H2,1-2H3. The topological polar surface area (TPSA) is 35.5 Å². The van der Waals surface area contributed by atoms with E-state index in [1.807, 2.05) is 0 Å². The van der Waals surface area contributed by atoms with Crippen molar-refractivity contribution in [3.05, 3.63) is 29.6 Å². The average Bonchev–Trinajstić information content (AvgIpc) is 2.35. The van der Waals surface area contributed by atoms with Crippen LogP contribution in [0.3, 0.4) is 0 Å². The molecular weight excluding hydrogens is 276 g/mol. The SMILES string of the molecule is CNC(C)c1cccc(F)c1N(CCO)CC(F)(F)F. The number of aliphatic hydroxyl groups is 1.